The van der Waals surface area contributed by atoms with Crippen LogP contribution in [0.15, 0.2) is 12.1 Å². The van der Waals surface area contributed by atoms with Gasteiger partial charge in [-0.25, -0.2) is 13.2 Å². The maximum atomic E-state index is 13.5. The van der Waals surface area contributed by atoms with Gasteiger partial charge in [-0.05, 0) is 12.5 Å². The van der Waals surface area contributed by atoms with Crippen molar-refractivity contribution in [1.82, 2.24) is 4.90 Å². The van der Waals surface area contributed by atoms with Crippen LogP contribution in [0.5, 0.6) is 0 Å². The largest absolute Gasteiger partial charge is 0.341 e. The first-order valence-corrected chi connectivity index (χ1v) is 6.08. The van der Waals surface area contributed by atoms with Gasteiger partial charge in [0.2, 0.25) is 5.91 Å². The van der Waals surface area contributed by atoms with E-state index in [9.17, 15) is 18.0 Å². The summed E-state index contributed by atoms with van der Waals surface area (Å²) in [5, 5.41) is 0. The lowest BCUT2D eigenvalue weighted by atomic mass is 9.88. The van der Waals surface area contributed by atoms with Crippen molar-refractivity contribution in [2.75, 3.05) is 7.05 Å². The van der Waals surface area contributed by atoms with Crippen LogP contribution in [0.3, 0.4) is 0 Å². The van der Waals surface area contributed by atoms with Crippen molar-refractivity contribution in [3.63, 3.8) is 0 Å². The van der Waals surface area contributed by atoms with Crippen LogP contribution in [0.4, 0.5) is 13.2 Å². The molecule has 0 aliphatic rings. The second-order valence-corrected chi connectivity index (χ2v) is 5.26. The molecule has 0 unspecified atom stereocenters. The summed E-state index contributed by atoms with van der Waals surface area (Å²) in [5.41, 5.74) is -0.753. The molecule has 0 aliphatic carbocycles. The van der Waals surface area contributed by atoms with E-state index in [2.05, 4.69) is 0 Å². The van der Waals surface area contributed by atoms with Gasteiger partial charge in [-0.3, -0.25) is 4.79 Å². The number of halogens is 3. The van der Waals surface area contributed by atoms with Crippen LogP contribution in [-0.2, 0) is 11.3 Å². The number of nitrogens with zero attached hydrogens (tertiary/aromatic N) is 1. The van der Waals surface area contributed by atoms with Gasteiger partial charge in [-0.1, -0.05) is 20.8 Å². The van der Waals surface area contributed by atoms with Crippen LogP contribution in [0, 0.1) is 22.9 Å². The Morgan fingerprint density at radius 2 is 1.84 bits per heavy atom. The van der Waals surface area contributed by atoms with E-state index in [1.165, 1.54) is 11.9 Å². The Bertz CT molecular complexity index is 486. The molecule has 1 aromatic carbocycles. The van der Waals surface area contributed by atoms with Crippen molar-refractivity contribution >= 4 is 5.91 Å². The Hall–Kier alpha value is -1.52. The summed E-state index contributed by atoms with van der Waals surface area (Å²) < 4.78 is 39.6. The zero-order chi connectivity index (χ0) is 14.8. The second kappa shape index (κ2) is 5.63. The van der Waals surface area contributed by atoms with E-state index in [1.54, 1.807) is 13.8 Å². The van der Waals surface area contributed by atoms with Crippen molar-refractivity contribution in [3.05, 3.63) is 35.1 Å². The van der Waals surface area contributed by atoms with Gasteiger partial charge in [-0.15, -0.1) is 0 Å². The average molecular weight is 273 g/mol. The van der Waals surface area contributed by atoms with Gasteiger partial charge in [-0.2, -0.15) is 0 Å². The molecule has 0 saturated heterocycles. The molecule has 19 heavy (non-hydrogen) atoms. The average Bonchev–Trinajstić information content (AvgIpc) is 2.34. The molecular formula is C14H18F3NO. The highest BCUT2D eigenvalue weighted by atomic mass is 19.2. The van der Waals surface area contributed by atoms with Gasteiger partial charge in [0, 0.05) is 30.6 Å². The van der Waals surface area contributed by atoms with Crippen molar-refractivity contribution in [2.45, 2.75) is 33.7 Å². The number of amides is 1. The molecule has 0 aliphatic heterocycles. The molecule has 1 rings (SSSR count). The normalized spacial score (nSPS) is 11.5. The smallest absolute Gasteiger partial charge is 0.228 e. The molecule has 0 bridgehead atoms. The van der Waals surface area contributed by atoms with E-state index in [0.29, 0.717) is 12.5 Å². The maximum Gasteiger partial charge on any atom is 0.228 e. The molecule has 0 fully saturated rings. The van der Waals surface area contributed by atoms with E-state index < -0.39 is 22.9 Å². The molecule has 0 saturated carbocycles. The summed E-state index contributed by atoms with van der Waals surface area (Å²) in [6.07, 6.45) is 0.621. The molecule has 0 spiro atoms. The Morgan fingerprint density at radius 3 is 2.37 bits per heavy atom. The molecule has 2 nitrogen and oxygen atoms in total. The summed E-state index contributed by atoms with van der Waals surface area (Å²) in [7, 11) is 1.49. The minimum Gasteiger partial charge on any atom is -0.341 e. The maximum absolute atomic E-state index is 13.5. The third kappa shape index (κ3) is 3.49. The standard InChI is InChI=1S/C14H18F3NO/c1-5-14(2,3)13(19)18(4)8-9-6-10(15)7-11(16)12(9)17/h6-7H,5,8H2,1-4H3. The first kappa shape index (κ1) is 15.5. The van der Waals surface area contributed by atoms with Crippen LogP contribution in [0.25, 0.3) is 0 Å². The van der Waals surface area contributed by atoms with Gasteiger partial charge < -0.3 is 4.90 Å². The van der Waals surface area contributed by atoms with Gasteiger partial charge in [0.05, 0.1) is 0 Å². The topological polar surface area (TPSA) is 20.3 Å². The van der Waals surface area contributed by atoms with Crippen molar-refractivity contribution < 1.29 is 18.0 Å². The molecule has 0 aromatic heterocycles. The van der Waals surface area contributed by atoms with Crippen molar-refractivity contribution in [2.24, 2.45) is 5.41 Å². The minimum atomic E-state index is -1.24. The zero-order valence-corrected chi connectivity index (χ0v) is 11.6. The van der Waals surface area contributed by atoms with Crippen molar-refractivity contribution in [1.29, 1.82) is 0 Å². The number of carbonyl (C=O) groups excluding carboxylic acids is 1. The third-order valence-corrected chi connectivity index (χ3v) is 3.29. The summed E-state index contributed by atoms with van der Waals surface area (Å²) in [6.45, 7) is 5.25. The molecule has 5 heteroatoms. The minimum absolute atomic E-state index is 0.164. The molecular weight excluding hydrogens is 255 g/mol. The number of benzene rings is 1. The summed E-state index contributed by atoms with van der Waals surface area (Å²) in [6, 6.07) is 1.39. The highest BCUT2D eigenvalue weighted by Gasteiger charge is 2.29. The molecule has 1 amide bonds. The summed E-state index contributed by atoms with van der Waals surface area (Å²) >= 11 is 0. The quantitative estimate of drug-likeness (QED) is 0.769. The lowest BCUT2D eigenvalue weighted by Crippen LogP contribution is -2.37. The van der Waals surface area contributed by atoms with Gasteiger partial charge >= 0.3 is 0 Å². The van der Waals surface area contributed by atoms with Gasteiger partial charge in [0.15, 0.2) is 11.6 Å². The second-order valence-electron chi connectivity index (χ2n) is 5.26. The Labute approximate surface area is 111 Å². The highest BCUT2D eigenvalue weighted by Crippen LogP contribution is 2.24. The van der Waals surface area contributed by atoms with E-state index in [-0.39, 0.29) is 18.0 Å². The van der Waals surface area contributed by atoms with Crippen LogP contribution in [0.1, 0.15) is 32.8 Å². The Balaban J connectivity index is 2.95. The van der Waals surface area contributed by atoms with Crippen LogP contribution < -0.4 is 0 Å². The first-order chi connectivity index (χ1) is 8.69. The third-order valence-electron chi connectivity index (χ3n) is 3.29. The predicted octanol–water partition coefficient (Wildman–Crippen LogP) is 3.50. The molecule has 0 atom stereocenters. The fraction of sp³-hybridized carbons (Fsp3) is 0.500. The number of carbonyl (C=O) groups is 1. The molecule has 106 valence electrons. The fourth-order valence-electron chi connectivity index (χ4n) is 1.72. The van der Waals surface area contributed by atoms with E-state index >= 15 is 0 Å². The number of hydrogen-bond acceptors (Lipinski definition) is 1. The molecule has 1 aromatic rings. The lowest BCUT2D eigenvalue weighted by Gasteiger charge is -2.28. The van der Waals surface area contributed by atoms with Crippen LogP contribution >= 0.6 is 0 Å². The van der Waals surface area contributed by atoms with E-state index in [4.69, 9.17) is 0 Å². The van der Waals surface area contributed by atoms with Crippen molar-refractivity contribution in [3.8, 4) is 0 Å². The van der Waals surface area contributed by atoms with Gasteiger partial charge in [0.1, 0.15) is 5.82 Å². The van der Waals surface area contributed by atoms with Crippen LogP contribution in [-0.4, -0.2) is 17.9 Å². The Kier molecular flexibility index (Phi) is 4.61. The highest BCUT2D eigenvalue weighted by molar-refractivity contribution is 5.81. The number of rotatable bonds is 4. The molecule has 0 radical (unpaired) electrons. The summed E-state index contributed by atoms with van der Waals surface area (Å²) in [4.78, 5) is 13.4. The van der Waals surface area contributed by atoms with E-state index in [0.717, 1.165) is 6.07 Å². The molecule has 0 N–H and O–H groups in total. The van der Waals surface area contributed by atoms with Crippen LogP contribution in [0.2, 0.25) is 0 Å². The summed E-state index contributed by atoms with van der Waals surface area (Å²) in [5.74, 6) is -3.41. The fourth-order valence-corrected chi connectivity index (χ4v) is 1.72. The van der Waals surface area contributed by atoms with E-state index in [1.807, 2.05) is 6.92 Å². The zero-order valence-electron chi connectivity index (χ0n) is 11.6. The first-order valence-electron chi connectivity index (χ1n) is 6.08. The Morgan fingerprint density at radius 1 is 1.26 bits per heavy atom. The SMILES string of the molecule is CCC(C)(C)C(=O)N(C)Cc1cc(F)cc(F)c1F. The number of hydrogen-bond donors (Lipinski definition) is 0. The molecule has 0 heterocycles. The predicted molar refractivity (Wildman–Crippen MR) is 66.9 cm³/mol. The van der Waals surface area contributed by atoms with Gasteiger partial charge in [0.25, 0.3) is 0 Å². The lowest BCUT2D eigenvalue weighted by molar-refractivity contribution is -0.139. The monoisotopic (exact) mass is 273 g/mol.